The minimum Gasteiger partial charge on any atom is -0.399 e. The first-order valence-corrected chi connectivity index (χ1v) is 7.46. The quantitative estimate of drug-likeness (QED) is 0.549. The second kappa shape index (κ2) is 6.91. The van der Waals surface area contributed by atoms with E-state index in [2.05, 4.69) is 15.3 Å². The molecule has 0 spiro atoms. The van der Waals surface area contributed by atoms with Gasteiger partial charge in [0.1, 0.15) is 0 Å². The molecule has 1 fully saturated rings. The standard InChI is InChI=1S/C14H24BN3O4/c1-13(2)14(3,4)22-15(21-13)11-9-17-12(18-10-11)16-5-7-20-8-6-19/h9-10,19H,5-8H2,1-4H3,(H,16,17,18). The summed E-state index contributed by atoms with van der Waals surface area (Å²) < 4.78 is 17.0. The van der Waals surface area contributed by atoms with Crippen LogP contribution in [0.2, 0.25) is 0 Å². The van der Waals surface area contributed by atoms with E-state index in [1.54, 1.807) is 12.4 Å². The van der Waals surface area contributed by atoms with Gasteiger partial charge in [-0.3, -0.25) is 0 Å². The van der Waals surface area contributed by atoms with Crippen LogP contribution >= 0.6 is 0 Å². The summed E-state index contributed by atoms with van der Waals surface area (Å²) in [5, 5.41) is 11.6. The number of aliphatic hydroxyl groups is 1. The molecule has 0 aliphatic carbocycles. The molecule has 1 aromatic heterocycles. The van der Waals surface area contributed by atoms with Crippen LogP contribution in [0, 0.1) is 0 Å². The molecule has 0 unspecified atom stereocenters. The molecule has 1 aromatic rings. The molecule has 2 heterocycles. The molecule has 0 aromatic carbocycles. The van der Waals surface area contributed by atoms with E-state index in [0.717, 1.165) is 5.46 Å². The average molecular weight is 309 g/mol. The molecule has 1 aliphatic rings. The molecule has 0 radical (unpaired) electrons. The second-order valence-electron chi connectivity index (χ2n) is 6.19. The molecule has 7 nitrogen and oxygen atoms in total. The summed E-state index contributed by atoms with van der Waals surface area (Å²) in [7, 11) is -0.452. The summed E-state index contributed by atoms with van der Waals surface area (Å²) in [6.45, 7) is 9.47. The minimum absolute atomic E-state index is 0.0271. The van der Waals surface area contributed by atoms with Gasteiger partial charge in [-0.2, -0.15) is 0 Å². The zero-order valence-corrected chi connectivity index (χ0v) is 13.6. The van der Waals surface area contributed by atoms with Gasteiger partial charge in [-0.1, -0.05) is 0 Å². The fourth-order valence-corrected chi connectivity index (χ4v) is 1.93. The highest BCUT2D eigenvalue weighted by Gasteiger charge is 2.51. The highest BCUT2D eigenvalue weighted by atomic mass is 16.7. The monoisotopic (exact) mass is 309 g/mol. The Kier molecular flexibility index (Phi) is 5.39. The predicted molar refractivity (Wildman–Crippen MR) is 84.1 cm³/mol. The van der Waals surface area contributed by atoms with Crippen molar-refractivity contribution < 1.29 is 19.2 Å². The van der Waals surface area contributed by atoms with Crippen molar-refractivity contribution >= 4 is 18.5 Å². The Morgan fingerprint density at radius 1 is 1.14 bits per heavy atom. The molecule has 1 aliphatic heterocycles. The number of aliphatic hydroxyl groups excluding tert-OH is 1. The molecule has 122 valence electrons. The second-order valence-corrected chi connectivity index (χ2v) is 6.19. The van der Waals surface area contributed by atoms with E-state index in [-0.39, 0.29) is 17.8 Å². The summed E-state index contributed by atoms with van der Waals surface area (Å²) in [5.74, 6) is 0.521. The Balaban J connectivity index is 1.87. The summed E-state index contributed by atoms with van der Waals surface area (Å²) in [5.41, 5.74) is 0.0396. The van der Waals surface area contributed by atoms with Crippen molar-refractivity contribution in [3.8, 4) is 0 Å². The van der Waals surface area contributed by atoms with Gasteiger partial charge in [0.25, 0.3) is 0 Å². The minimum atomic E-state index is -0.452. The average Bonchev–Trinajstić information content (AvgIpc) is 2.68. The summed E-state index contributed by atoms with van der Waals surface area (Å²) >= 11 is 0. The van der Waals surface area contributed by atoms with Crippen molar-refractivity contribution in [1.29, 1.82) is 0 Å². The van der Waals surface area contributed by atoms with Crippen LogP contribution in [0.4, 0.5) is 5.95 Å². The predicted octanol–water partition coefficient (Wildman–Crippen LogP) is 0.197. The van der Waals surface area contributed by atoms with E-state index in [4.69, 9.17) is 19.2 Å². The van der Waals surface area contributed by atoms with Gasteiger partial charge < -0.3 is 24.5 Å². The first kappa shape index (κ1) is 17.1. The maximum Gasteiger partial charge on any atom is 0.498 e. The van der Waals surface area contributed by atoms with Gasteiger partial charge in [0, 0.05) is 24.4 Å². The van der Waals surface area contributed by atoms with E-state index in [1.165, 1.54) is 0 Å². The Hall–Kier alpha value is -1.22. The maximum atomic E-state index is 8.60. The lowest BCUT2D eigenvalue weighted by atomic mass is 9.81. The van der Waals surface area contributed by atoms with Crippen LogP contribution < -0.4 is 10.8 Å². The van der Waals surface area contributed by atoms with Gasteiger partial charge in [0.15, 0.2) is 0 Å². The molecule has 2 N–H and O–H groups in total. The Bertz CT molecular complexity index is 465. The fraction of sp³-hybridized carbons (Fsp3) is 0.714. The van der Waals surface area contributed by atoms with Crippen LogP contribution in [0.3, 0.4) is 0 Å². The number of hydrogen-bond donors (Lipinski definition) is 2. The number of nitrogens with one attached hydrogen (secondary N) is 1. The zero-order valence-electron chi connectivity index (χ0n) is 13.6. The number of aromatic nitrogens is 2. The van der Waals surface area contributed by atoms with E-state index >= 15 is 0 Å². The van der Waals surface area contributed by atoms with Crippen LogP contribution in [0.25, 0.3) is 0 Å². The Morgan fingerprint density at radius 2 is 1.73 bits per heavy atom. The molecule has 0 saturated carbocycles. The molecule has 1 saturated heterocycles. The largest absolute Gasteiger partial charge is 0.498 e. The van der Waals surface area contributed by atoms with Gasteiger partial charge in [-0.15, -0.1) is 0 Å². The molecular formula is C14H24BN3O4. The molecule has 0 atom stereocenters. The fourth-order valence-electron chi connectivity index (χ4n) is 1.93. The Labute approximate surface area is 131 Å². The van der Waals surface area contributed by atoms with Crippen molar-refractivity contribution in [2.75, 3.05) is 31.7 Å². The van der Waals surface area contributed by atoms with Crippen LogP contribution in [0.1, 0.15) is 27.7 Å². The molecule has 22 heavy (non-hydrogen) atoms. The Morgan fingerprint density at radius 3 is 2.27 bits per heavy atom. The zero-order chi connectivity index (χ0) is 16.2. The van der Waals surface area contributed by atoms with Gasteiger partial charge in [0.2, 0.25) is 5.95 Å². The molecule has 2 rings (SSSR count). The SMILES string of the molecule is CC1(C)OB(c2cnc(NCCOCCO)nc2)OC1(C)C. The maximum absolute atomic E-state index is 8.60. The highest BCUT2D eigenvalue weighted by molar-refractivity contribution is 6.61. The smallest absolute Gasteiger partial charge is 0.399 e. The van der Waals surface area contributed by atoms with Crippen molar-refractivity contribution in [3.05, 3.63) is 12.4 Å². The number of anilines is 1. The van der Waals surface area contributed by atoms with E-state index in [1.807, 2.05) is 27.7 Å². The normalized spacial score (nSPS) is 19.4. The molecule has 0 amide bonds. The number of rotatable bonds is 7. The number of ether oxygens (including phenoxy) is 1. The molecular weight excluding hydrogens is 285 g/mol. The topological polar surface area (TPSA) is 85.7 Å². The lowest BCUT2D eigenvalue weighted by Crippen LogP contribution is -2.41. The van der Waals surface area contributed by atoms with Crippen LogP contribution in [-0.4, -0.2) is 59.8 Å². The van der Waals surface area contributed by atoms with Crippen molar-refractivity contribution in [2.24, 2.45) is 0 Å². The van der Waals surface area contributed by atoms with Crippen molar-refractivity contribution in [3.63, 3.8) is 0 Å². The van der Waals surface area contributed by atoms with Gasteiger partial charge in [-0.25, -0.2) is 9.97 Å². The van der Waals surface area contributed by atoms with Gasteiger partial charge in [-0.05, 0) is 27.7 Å². The first-order chi connectivity index (χ1) is 10.4. The number of nitrogens with zero attached hydrogens (tertiary/aromatic N) is 2. The van der Waals surface area contributed by atoms with Gasteiger partial charge in [0.05, 0.1) is 31.0 Å². The van der Waals surface area contributed by atoms with E-state index < -0.39 is 7.12 Å². The van der Waals surface area contributed by atoms with Crippen LogP contribution in [-0.2, 0) is 14.0 Å². The lowest BCUT2D eigenvalue weighted by Gasteiger charge is -2.32. The first-order valence-electron chi connectivity index (χ1n) is 7.46. The summed E-state index contributed by atoms with van der Waals surface area (Å²) in [4.78, 5) is 8.50. The third kappa shape index (κ3) is 3.95. The third-order valence-electron chi connectivity index (χ3n) is 3.96. The van der Waals surface area contributed by atoms with Crippen molar-refractivity contribution in [1.82, 2.24) is 9.97 Å². The number of hydrogen-bond acceptors (Lipinski definition) is 7. The van der Waals surface area contributed by atoms with E-state index in [9.17, 15) is 0 Å². The van der Waals surface area contributed by atoms with Crippen molar-refractivity contribution in [2.45, 2.75) is 38.9 Å². The summed E-state index contributed by atoms with van der Waals surface area (Å²) in [6, 6.07) is 0. The van der Waals surface area contributed by atoms with Crippen LogP contribution in [0.15, 0.2) is 12.4 Å². The third-order valence-corrected chi connectivity index (χ3v) is 3.96. The summed E-state index contributed by atoms with van der Waals surface area (Å²) in [6.07, 6.45) is 3.40. The van der Waals surface area contributed by atoms with E-state index in [0.29, 0.717) is 25.7 Å². The van der Waals surface area contributed by atoms with Gasteiger partial charge >= 0.3 is 7.12 Å². The highest BCUT2D eigenvalue weighted by Crippen LogP contribution is 2.36. The lowest BCUT2D eigenvalue weighted by molar-refractivity contribution is 0.00578. The molecule has 0 bridgehead atoms. The van der Waals surface area contributed by atoms with Crippen LogP contribution in [0.5, 0.6) is 0 Å². The molecule has 8 heteroatoms.